The Morgan fingerprint density at radius 3 is 2.73 bits per heavy atom. The van der Waals surface area contributed by atoms with Crippen molar-refractivity contribution in [2.24, 2.45) is 5.41 Å². The molecule has 1 aromatic rings. The molecule has 1 fully saturated rings. The number of carbonyl (C=O) groups excluding carboxylic acids is 1. The third-order valence-electron chi connectivity index (χ3n) is 4.64. The first-order valence-electron chi connectivity index (χ1n) is 8.04. The Morgan fingerprint density at radius 1 is 1.45 bits per heavy atom. The number of rotatable bonds is 6. The first kappa shape index (κ1) is 16.7. The molecule has 2 rings (SSSR count). The van der Waals surface area contributed by atoms with Crippen LogP contribution < -0.4 is 4.73 Å². The van der Waals surface area contributed by atoms with E-state index in [2.05, 4.69) is 13.8 Å². The SMILES string of the molecule is CCCN(C(=O)c1cccc[n+]1[O-])[C@H]1C[C@H](OCC)C1(C)C. The first-order valence-corrected chi connectivity index (χ1v) is 8.04. The van der Waals surface area contributed by atoms with Crippen molar-refractivity contribution in [2.75, 3.05) is 13.2 Å². The van der Waals surface area contributed by atoms with E-state index in [-0.39, 0.29) is 29.2 Å². The van der Waals surface area contributed by atoms with Gasteiger partial charge in [-0.2, -0.15) is 4.73 Å². The molecule has 1 saturated carbocycles. The maximum Gasteiger partial charge on any atom is 0.320 e. The van der Waals surface area contributed by atoms with Crippen LogP contribution in [0.25, 0.3) is 0 Å². The highest BCUT2D eigenvalue weighted by atomic mass is 16.5. The number of nitrogens with zero attached hydrogens (tertiary/aromatic N) is 2. The minimum Gasteiger partial charge on any atom is -0.618 e. The molecule has 0 radical (unpaired) electrons. The van der Waals surface area contributed by atoms with Crippen molar-refractivity contribution in [2.45, 2.75) is 52.7 Å². The van der Waals surface area contributed by atoms with Crippen LogP contribution in [0.2, 0.25) is 0 Å². The van der Waals surface area contributed by atoms with Crippen LogP contribution in [0.5, 0.6) is 0 Å². The molecule has 1 aliphatic carbocycles. The molecular formula is C17H26N2O3. The van der Waals surface area contributed by atoms with Gasteiger partial charge in [-0.3, -0.25) is 4.79 Å². The number of ether oxygens (including phenoxy) is 1. The zero-order valence-corrected chi connectivity index (χ0v) is 13.9. The average Bonchev–Trinajstić information content (AvgIpc) is 2.49. The summed E-state index contributed by atoms with van der Waals surface area (Å²) < 4.78 is 6.41. The largest absolute Gasteiger partial charge is 0.618 e. The fourth-order valence-corrected chi connectivity index (χ4v) is 3.26. The van der Waals surface area contributed by atoms with E-state index >= 15 is 0 Å². The van der Waals surface area contributed by atoms with Crippen LogP contribution in [0.4, 0.5) is 0 Å². The van der Waals surface area contributed by atoms with E-state index in [1.165, 1.54) is 6.20 Å². The maximum atomic E-state index is 12.8. The number of pyridine rings is 1. The summed E-state index contributed by atoms with van der Waals surface area (Å²) in [6.07, 6.45) is 3.23. The molecule has 2 atom stereocenters. The van der Waals surface area contributed by atoms with Crippen molar-refractivity contribution in [3.63, 3.8) is 0 Å². The van der Waals surface area contributed by atoms with Gasteiger partial charge in [0.25, 0.3) is 5.69 Å². The van der Waals surface area contributed by atoms with E-state index in [0.29, 0.717) is 17.9 Å². The van der Waals surface area contributed by atoms with Gasteiger partial charge in [0.15, 0.2) is 6.20 Å². The number of hydrogen-bond acceptors (Lipinski definition) is 3. The van der Waals surface area contributed by atoms with Crippen LogP contribution in [0.15, 0.2) is 24.4 Å². The number of amides is 1. The predicted octanol–water partition coefficient (Wildman–Crippen LogP) is 2.38. The van der Waals surface area contributed by atoms with Crippen LogP contribution in [0, 0.1) is 10.6 Å². The summed E-state index contributed by atoms with van der Waals surface area (Å²) in [5, 5.41) is 11.9. The Labute approximate surface area is 132 Å². The second kappa shape index (κ2) is 6.65. The van der Waals surface area contributed by atoms with Gasteiger partial charge in [0.2, 0.25) is 0 Å². The summed E-state index contributed by atoms with van der Waals surface area (Å²) in [4.78, 5) is 14.7. The topological polar surface area (TPSA) is 56.5 Å². The lowest BCUT2D eigenvalue weighted by molar-refractivity contribution is -0.608. The van der Waals surface area contributed by atoms with E-state index in [0.717, 1.165) is 12.8 Å². The zero-order chi connectivity index (χ0) is 16.3. The van der Waals surface area contributed by atoms with Gasteiger partial charge in [-0.25, -0.2) is 0 Å². The van der Waals surface area contributed by atoms with Gasteiger partial charge in [-0.05, 0) is 25.8 Å². The van der Waals surface area contributed by atoms with Crippen LogP contribution in [-0.2, 0) is 4.74 Å². The number of hydrogen-bond donors (Lipinski definition) is 0. The third-order valence-corrected chi connectivity index (χ3v) is 4.64. The highest BCUT2D eigenvalue weighted by molar-refractivity contribution is 5.91. The molecule has 0 aromatic carbocycles. The Morgan fingerprint density at radius 2 is 2.18 bits per heavy atom. The molecule has 0 bridgehead atoms. The summed E-state index contributed by atoms with van der Waals surface area (Å²) in [6.45, 7) is 9.63. The third kappa shape index (κ3) is 2.95. The van der Waals surface area contributed by atoms with E-state index in [1.54, 1.807) is 18.2 Å². The molecule has 1 amide bonds. The smallest absolute Gasteiger partial charge is 0.320 e. The van der Waals surface area contributed by atoms with Crippen molar-refractivity contribution in [1.29, 1.82) is 0 Å². The molecular weight excluding hydrogens is 280 g/mol. The molecule has 22 heavy (non-hydrogen) atoms. The molecule has 0 saturated heterocycles. The number of carbonyl (C=O) groups is 1. The Kier molecular flexibility index (Phi) is 5.06. The van der Waals surface area contributed by atoms with Gasteiger partial charge < -0.3 is 14.8 Å². The zero-order valence-electron chi connectivity index (χ0n) is 13.9. The minimum absolute atomic E-state index is 0.0939. The predicted molar refractivity (Wildman–Crippen MR) is 84.3 cm³/mol. The second-order valence-electron chi connectivity index (χ2n) is 6.43. The molecule has 0 aliphatic heterocycles. The quantitative estimate of drug-likeness (QED) is 0.599. The highest BCUT2D eigenvalue weighted by Crippen LogP contribution is 2.46. The number of aromatic nitrogens is 1. The lowest BCUT2D eigenvalue weighted by atomic mass is 9.63. The van der Waals surface area contributed by atoms with Gasteiger partial charge in [-0.15, -0.1) is 0 Å². The molecule has 5 heteroatoms. The fourth-order valence-electron chi connectivity index (χ4n) is 3.26. The van der Waals surface area contributed by atoms with Crippen molar-refractivity contribution < 1.29 is 14.3 Å². The molecule has 1 heterocycles. The lowest BCUT2D eigenvalue weighted by Gasteiger charge is -2.55. The molecule has 0 spiro atoms. The van der Waals surface area contributed by atoms with Gasteiger partial charge in [0, 0.05) is 36.7 Å². The lowest BCUT2D eigenvalue weighted by Crippen LogP contribution is -2.64. The van der Waals surface area contributed by atoms with E-state index < -0.39 is 0 Å². The average molecular weight is 306 g/mol. The van der Waals surface area contributed by atoms with Crippen LogP contribution >= 0.6 is 0 Å². The van der Waals surface area contributed by atoms with Crippen molar-refractivity contribution in [1.82, 2.24) is 4.90 Å². The van der Waals surface area contributed by atoms with Crippen molar-refractivity contribution in [3.05, 3.63) is 35.3 Å². The standard InChI is InChI=1S/C17H26N2O3/c1-5-10-18(14-12-15(22-6-2)17(14,3)4)16(20)13-9-7-8-11-19(13)21/h7-9,11,14-15H,5-6,10,12H2,1-4H3/t14-,15-/m0/s1. The molecule has 0 N–H and O–H groups in total. The summed E-state index contributed by atoms with van der Waals surface area (Å²) in [5.74, 6) is -0.189. The molecule has 1 aliphatic rings. The normalized spacial score (nSPS) is 22.9. The van der Waals surface area contributed by atoms with E-state index in [1.807, 2.05) is 18.7 Å². The van der Waals surface area contributed by atoms with Gasteiger partial charge in [0.1, 0.15) is 0 Å². The van der Waals surface area contributed by atoms with E-state index in [9.17, 15) is 10.0 Å². The van der Waals surface area contributed by atoms with Crippen LogP contribution in [0.3, 0.4) is 0 Å². The maximum absolute atomic E-state index is 12.8. The summed E-state index contributed by atoms with van der Waals surface area (Å²) in [5.41, 5.74) is 0.0928. The van der Waals surface area contributed by atoms with Crippen molar-refractivity contribution >= 4 is 5.91 Å². The summed E-state index contributed by atoms with van der Waals surface area (Å²) >= 11 is 0. The minimum atomic E-state index is -0.189. The van der Waals surface area contributed by atoms with Gasteiger partial charge in [-0.1, -0.05) is 20.8 Å². The first-order chi connectivity index (χ1) is 10.4. The highest BCUT2D eigenvalue weighted by Gasteiger charge is 2.53. The van der Waals surface area contributed by atoms with Crippen LogP contribution in [-0.4, -0.2) is 36.1 Å². The Bertz CT molecular complexity index is 530. The summed E-state index contributed by atoms with van der Waals surface area (Å²) in [6, 6.07) is 5.05. The molecule has 122 valence electrons. The Hall–Kier alpha value is -1.62. The molecule has 1 aromatic heterocycles. The molecule has 0 unspecified atom stereocenters. The van der Waals surface area contributed by atoms with Crippen molar-refractivity contribution in [3.8, 4) is 0 Å². The summed E-state index contributed by atoms with van der Waals surface area (Å²) in [7, 11) is 0. The Balaban J connectivity index is 2.21. The molecule has 5 nitrogen and oxygen atoms in total. The monoisotopic (exact) mass is 306 g/mol. The second-order valence-corrected chi connectivity index (χ2v) is 6.43. The van der Waals surface area contributed by atoms with Gasteiger partial charge in [0.05, 0.1) is 6.10 Å². The van der Waals surface area contributed by atoms with Gasteiger partial charge >= 0.3 is 5.91 Å². The van der Waals surface area contributed by atoms with E-state index in [4.69, 9.17) is 4.74 Å². The van der Waals surface area contributed by atoms with Crippen LogP contribution in [0.1, 0.15) is 51.0 Å². The fraction of sp³-hybridized carbons (Fsp3) is 0.647.